The van der Waals surface area contributed by atoms with Crippen LogP contribution in [-0.4, -0.2) is 22.8 Å². The van der Waals surface area contributed by atoms with E-state index in [1.165, 1.54) is 76.5 Å². The lowest BCUT2D eigenvalue weighted by Gasteiger charge is -2.50. The van der Waals surface area contributed by atoms with Gasteiger partial charge in [-0.15, -0.1) is 0 Å². The number of hydrogen-bond donors (Lipinski definition) is 1. The molecule has 0 aromatic heterocycles. The average molecular weight is 355 g/mol. The van der Waals surface area contributed by atoms with Gasteiger partial charge in [0.1, 0.15) is 0 Å². The molecule has 2 aliphatic rings. The van der Waals surface area contributed by atoms with Crippen molar-refractivity contribution < 1.29 is 5.11 Å². The summed E-state index contributed by atoms with van der Waals surface area (Å²) >= 11 is 0. The van der Waals surface area contributed by atoms with Gasteiger partial charge in [0, 0.05) is 5.41 Å². The number of fused-ring (bicyclic) bond motifs is 2. The molecule has 2 rings (SSSR count). The molecule has 142 valence electrons. The smallest absolute Gasteiger partial charge is 0.0895 e. The maximum Gasteiger partial charge on any atom is 0.0895 e. The Morgan fingerprint density at radius 1 is 0.875 bits per heavy atom. The highest BCUT2D eigenvalue weighted by molar-refractivity contribution is 7.59. The van der Waals surface area contributed by atoms with Crippen LogP contribution in [0.25, 0.3) is 0 Å². The van der Waals surface area contributed by atoms with Gasteiger partial charge in [-0.1, -0.05) is 81.1 Å². The standard InChI is InChI=1S/C22H43OP/c1-6-8-10-12-16-24(17-13-11-9-7-2)22(23)18-19-14-15-21(22,5)20(19,3)4/h19,23H,6-18H2,1-5H3. The molecule has 24 heavy (non-hydrogen) atoms. The van der Waals surface area contributed by atoms with Crippen LogP contribution in [-0.2, 0) is 0 Å². The summed E-state index contributed by atoms with van der Waals surface area (Å²) in [6.07, 6.45) is 17.1. The van der Waals surface area contributed by atoms with E-state index >= 15 is 0 Å². The highest BCUT2D eigenvalue weighted by atomic mass is 31.1. The first-order valence-electron chi connectivity index (χ1n) is 10.8. The molecule has 1 N–H and O–H groups in total. The molecule has 0 amide bonds. The van der Waals surface area contributed by atoms with Crippen LogP contribution < -0.4 is 0 Å². The highest BCUT2D eigenvalue weighted by Gasteiger charge is 2.69. The van der Waals surface area contributed by atoms with Crippen LogP contribution in [0.4, 0.5) is 0 Å². The lowest BCUT2D eigenvalue weighted by molar-refractivity contribution is -0.0215. The van der Waals surface area contributed by atoms with Gasteiger partial charge in [0.15, 0.2) is 0 Å². The Bertz CT molecular complexity index is 381. The van der Waals surface area contributed by atoms with E-state index in [1.807, 2.05) is 0 Å². The third kappa shape index (κ3) is 3.59. The number of rotatable bonds is 11. The maximum absolute atomic E-state index is 12.0. The molecule has 0 aliphatic heterocycles. The molecule has 0 aromatic carbocycles. The van der Waals surface area contributed by atoms with Crippen molar-refractivity contribution in [1.29, 1.82) is 0 Å². The molecule has 1 nitrogen and oxygen atoms in total. The number of hydrogen-bond acceptors (Lipinski definition) is 1. The van der Waals surface area contributed by atoms with E-state index in [-0.39, 0.29) is 18.7 Å². The molecule has 2 saturated carbocycles. The van der Waals surface area contributed by atoms with E-state index in [4.69, 9.17) is 0 Å². The van der Waals surface area contributed by atoms with Gasteiger partial charge in [-0.2, -0.15) is 0 Å². The SMILES string of the molecule is CCCCCCP(CCCCCC)C1(O)CC2CCC1(C)C2(C)C. The van der Waals surface area contributed by atoms with E-state index in [0.29, 0.717) is 5.41 Å². The largest absolute Gasteiger partial charge is 0.385 e. The van der Waals surface area contributed by atoms with Gasteiger partial charge in [0.05, 0.1) is 5.34 Å². The summed E-state index contributed by atoms with van der Waals surface area (Å²) in [6.45, 7) is 11.9. The van der Waals surface area contributed by atoms with Gasteiger partial charge in [0.25, 0.3) is 0 Å². The average Bonchev–Trinajstić information content (AvgIpc) is 2.85. The zero-order chi connectivity index (χ0) is 17.8. The molecular weight excluding hydrogens is 311 g/mol. The van der Waals surface area contributed by atoms with Gasteiger partial charge >= 0.3 is 0 Å². The lowest BCUT2D eigenvalue weighted by Crippen LogP contribution is -2.46. The molecular formula is C22H43OP. The van der Waals surface area contributed by atoms with Crippen LogP contribution in [0.2, 0.25) is 0 Å². The normalized spacial score (nSPS) is 34.4. The van der Waals surface area contributed by atoms with Gasteiger partial charge in [-0.25, -0.2) is 0 Å². The van der Waals surface area contributed by atoms with Crippen LogP contribution in [0.15, 0.2) is 0 Å². The summed E-state index contributed by atoms with van der Waals surface area (Å²) in [5.41, 5.74) is 0.487. The third-order valence-corrected chi connectivity index (χ3v) is 11.4. The Hall–Kier alpha value is 0.390. The number of unbranched alkanes of at least 4 members (excludes halogenated alkanes) is 6. The Balaban J connectivity index is 2.07. The van der Waals surface area contributed by atoms with Gasteiger partial charge in [0.2, 0.25) is 0 Å². The third-order valence-electron chi connectivity index (χ3n) is 7.94. The molecule has 0 radical (unpaired) electrons. The summed E-state index contributed by atoms with van der Waals surface area (Å²) in [7, 11) is -0.243. The second kappa shape index (κ2) is 8.39. The molecule has 3 unspecified atom stereocenters. The fraction of sp³-hybridized carbons (Fsp3) is 1.00. The minimum absolute atomic E-state index is 0.159. The predicted octanol–water partition coefficient (Wildman–Crippen LogP) is 7.16. The summed E-state index contributed by atoms with van der Waals surface area (Å²) in [6, 6.07) is 0. The van der Waals surface area contributed by atoms with Crippen molar-refractivity contribution >= 4 is 7.92 Å². The van der Waals surface area contributed by atoms with Crippen molar-refractivity contribution in [1.82, 2.24) is 0 Å². The second-order valence-electron chi connectivity index (χ2n) is 9.42. The van der Waals surface area contributed by atoms with E-state index in [0.717, 1.165) is 12.3 Å². The van der Waals surface area contributed by atoms with Crippen molar-refractivity contribution in [3.63, 3.8) is 0 Å². The summed E-state index contributed by atoms with van der Waals surface area (Å²) in [4.78, 5) is 0. The lowest BCUT2D eigenvalue weighted by atomic mass is 9.69. The van der Waals surface area contributed by atoms with E-state index < -0.39 is 0 Å². The van der Waals surface area contributed by atoms with Crippen molar-refractivity contribution in [2.45, 2.75) is 111 Å². The molecule has 2 fully saturated rings. The van der Waals surface area contributed by atoms with Crippen LogP contribution in [0.5, 0.6) is 0 Å². The van der Waals surface area contributed by atoms with Crippen LogP contribution in [0.1, 0.15) is 105 Å². The maximum atomic E-state index is 12.0. The Morgan fingerprint density at radius 2 is 1.42 bits per heavy atom. The van der Waals surface area contributed by atoms with Crippen molar-refractivity contribution in [2.75, 3.05) is 12.3 Å². The van der Waals surface area contributed by atoms with Gasteiger partial charge in [-0.3, -0.25) is 0 Å². The Labute approximate surface area is 153 Å². The first-order valence-corrected chi connectivity index (χ1v) is 12.5. The zero-order valence-electron chi connectivity index (χ0n) is 17.2. The van der Waals surface area contributed by atoms with E-state index in [2.05, 4.69) is 34.6 Å². The number of aliphatic hydroxyl groups is 1. The van der Waals surface area contributed by atoms with Crippen molar-refractivity contribution in [2.24, 2.45) is 16.7 Å². The van der Waals surface area contributed by atoms with Crippen LogP contribution >= 0.6 is 7.92 Å². The van der Waals surface area contributed by atoms with Crippen molar-refractivity contribution in [3.05, 3.63) is 0 Å². The molecule has 0 saturated heterocycles. The molecule has 2 heteroatoms. The molecule has 2 aliphatic carbocycles. The first-order chi connectivity index (χ1) is 11.3. The minimum atomic E-state index is -0.340. The monoisotopic (exact) mass is 354 g/mol. The Kier molecular flexibility index (Phi) is 7.23. The Morgan fingerprint density at radius 3 is 1.79 bits per heavy atom. The second-order valence-corrected chi connectivity index (χ2v) is 12.1. The summed E-state index contributed by atoms with van der Waals surface area (Å²) in [5, 5.41) is 11.6. The quantitative estimate of drug-likeness (QED) is 0.308. The van der Waals surface area contributed by atoms with Crippen molar-refractivity contribution in [3.8, 4) is 0 Å². The summed E-state index contributed by atoms with van der Waals surface area (Å²) in [5.74, 6) is 0.754. The molecule has 3 atom stereocenters. The molecule has 0 heterocycles. The molecule has 2 bridgehead atoms. The first kappa shape index (κ1) is 20.7. The predicted molar refractivity (Wildman–Crippen MR) is 109 cm³/mol. The minimum Gasteiger partial charge on any atom is -0.385 e. The fourth-order valence-electron chi connectivity index (χ4n) is 5.66. The van der Waals surface area contributed by atoms with E-state index in [9.17, 15) is 5.11 Å². The zero-order valence-corrected chi connectivity index (χ0v) is 18.1. The van der Waals surface area contributed by atoms with Gasteiger partial charge < -0.3 is 5.11 Å². The highest BCUT2D eigenvalue weighted by Crippen LogP contribution is 2.77. The van der Waals surface area contributed by atoms with Crippen LogP contribution in [0.3, 0.4) is 0 Å². The molecule has 0 aromatic rings. The molecule has 0 spiro atoms. The van der Waals surface area contributed by atoms with E-state index in [1.54, 1.807) is 0 Å². The topological polar surface area (TPSA) is 20.2 Å². The van der Waals surface area contributed by atoms with Crippen LogP contribution in [0, 0.1) is 16.7 Å². The van der Waals surface area contributed by atoms with Gasteiger partial charge in [-0.05, 0) is 55.8 Å². The summed E-state index contributed by atoms with van der Waals surface area (Å²) < 4.78 is 0. The fourth-order valence-corrected chi connectivity index (χ4v) is 9.41.